The van der Waals surface area contributed by atoms with Crippen molar-refractivity contribution < 1.29 is 52.1 Å². The van der Waals surface area contributed by atoms with E-state index in [0.29, 0.717) is 0 Å². The zero-order valence-corrected chi connectivity index (χ0v) is 11.4. The average molecular weight is 250 g/mol. The molecule has 7 heteroatoms. The zero-order valence-electron chi connectivity index (χ0n) is 8.54. The van der Waals surface area contributed by atoms with Gasteiger partial charge < -0.3 is 9.29 Å². The van der Waals surface area contributed by atoms with Gasteiger partial charge in [-0.25, -0.2) is 8.42 Å². The minimum absolute atomic E-state index is 0. The molecule has 0 aliphatic carbocycles. The van der Waals surface area contributed by atoms with Crippen LogP contribution in [0.3, 0.4) is 0 Å². The van der Waals surface area contributed by atoms with Crippen LogP contribution in [0.5, 0.6) is 5.75 Å². The number of benzene rings is 1. The summed E-state index contributed by atoms with van der Waals surface area (Å²) in [5.74, 6) is -0.545. The first-order valence-electron chi connectivity index (χ1n) is 4.23. The third-order valence-corrected chi connectivity index (χ3v) is 3.31. The van der Waals surface area contributed by atoms with Gasteiger partial charge in [0.05, 0.1) is 11.7 Å². The Hall–Kier alpha value is -0.400. The first kappa shape index (κ1) is 13.7. The maximum Gasteiger partial charge on any atom is 1.00 e. The summed E-state index contributed by atoms with van der Waals surface area (Å²) in [6.45, 7) is 0. The number of fused-ring (bicyclic) bond motifs is 1. The molecule has 1 atom stereocenters. The minimum atomic E-state index is -4.52. The standard InChI is InChI=1S/C9H8O5S.Na/c10-9-5-8(15(11,12)13)6-3-1-2-4-7(6)14-9;/h1-4,8H,5H2,(H,11,12,13);/q;+1/p-1. The molecule has 1 aliphatic rings. The van der Waals surface area contributed by atoms with E-state index in [1.54, 1.807) is 12.1 Å². The van der Waals surface area contributed by atoms with Crippen LogP contribution in [-0.4, -0.2) is 18.9 Å². The van der Waals surface area contributed by atoms with Gasteiger partial charge in [0.2, 0.25) is 0 Å². The van der Waals surface area contributed by atoms with Gasteiger partial charge in [-0.2, -0.15) is 0 Å². The summed E-state index contributed by atoms with van der Waals surface area (Å²) in [4.78, 5) is 11.1. The Bertz CT molecular complexity index is 510. The molecule has 0 bridgehead atoms. The van der Waals surface area contributed by atoms with Crippen molar-refractivity contribution in [3.63, 3.8) is 0 Å². The van der Waals surface area contributed by atoms with E-state index >= 15 is 0 Å². The molecule has 5 nitrogen and oxygen atoms in total. The van der Waals surface area contributed by atoms with Crippen molar-refractivity contribution in [3.05, 3.63) is 29.8 Å². The monoisotopic (exact) mass is 250 g/mol. The van der Waals surface area contributed by atoms with Crippen LogP contribution in [0.1, 0.15) is 17.2 Å². The molecule has 0 spiro atoms. The summed E-state index contributed by atoms with van der Waals surface area (Å²) in [5.41, 5.74) is 0.257. The van der Waals surface area contributed by atoms with E-state index in [1.807, 2.05) is 0 Å². The predicted octanol–water partition coefficient (Wildman–Crippen LogP) is -2.41. The molecule has 80 valence electrons. The molecule has 1 aromatic carbocycles. The molecule has 0 saturated heterocycles. The summed E-state index contributed by atoms with van der Waals surface area (Å²) in [6.07, 6.45) is -0.414. The van der Waals surface area contributed by atoms with Gasteiger partial charge in [0, 0.05) is 5.56 Å². The van der Waals surface area contributed by atoms with Crippen LogP contribution < -0.4 is 34.3 Å². The van der Waals surface area contributed by atoms with Crippen LogP contribution in [0.4, 0.5) is 0 Å². The molecule has 1 aromatic rings. The van der Waals surface area contributed by atoms with Crippen molar-refractivity contribution in [2.24, 2.45) is 0 Å². The first-order valence-corrected chi connectivity index (χ1v) is 5.70. The van der Waals surface area contributed by atoms with Gasteiger partial charge in [-0.3, -0.25) is 4.79 Å². The van der Waals surface area contributed by atoms with Crippen molar-refractivity contribution in [3.8, 4) is 5.75 Å². The number of carbonyl (C=O) groups is 1. The van der Waals surface area contributed by atoms with E-state index in [-0.39, 0.29) is 40.9 Å². The Morgan fingerprint density at radius 1 is 1.31 bits per heavy atom. The third kappa shape index (κ3) is 2.64. The number of esters is 1. The van der Waals surface area contributed by atoms with Gasteiger partial charge in [-0.1, -0.05) is 18.2 Å². The van der Waals surface area contributed by atoms with Gasteiger partial charge in [-0.05, 0) is 6.07 Å². The zero-order chi connectivity index (χ0) is 11.1. The Kier molecular flexibility index (Phi) is 4.14. The van der Waals surface area contributed by atoms with Gasteiger partial charge in [0.15, 0.2) is 0 Å². The second kappa shape index (κ2) is 4.85. The number of ether oxygens (including phenoxy) is 1. The van der Waals surface area contributed by atoms with Crippen molar-refractivity contribution in [1.29, 1.82) is 0 Å². The summed E-state index contributed by atoms with van der Waals surface area (Å²) >= 11 is 0. The summed E-state index contributed by atoms with van der Waals surface area (Å²) in [6, 6.07) is 6.13. The van der Waals surface area contributed by atoms with E-state index in [9.17, 15) is 17.8 Å². The molecule has 0 fully saturated rings. The molecule has 2 rings (SSSR count). The van der Waals surface area contributed by atoms with Gasteiger partial charge in [0.25, 0.3) is 0 Å². The number of carbonyl (C=O) groups excluding carboxylic acids is 1. The molecule has 16 heavy (non-hydrogen) atoms. The Labute approximate surface area is 115 Å². The van der Waals surface area contributed by atoms with Crippen LogP contribution in [0.15, 0.2) is 24.3 Å². The number of hydrogen-bond donors (Lipinski definition) is 0. The maximum atomic E-state index is 11.1. The fourth-order valence-corrected chi connectivity index (χ4v) is 2.37. The molecule has 0 radical (unpaired) electrons. The average Bonchev–Trinajstić information content (AvgIpc) is 2.15. The summed E-state index contributed by atoms with van der Waals surface area (Å²) in [7, 11) is -4.52. The molecule has 1 heterocycles. The van der Waals surface area contributed by atoms with Crippen LogP contribution in [-0.2, 0) is 14.9 Å². The van der Waals surface area contributed by atoms with Gasteiger partial charge in [-0.15, -0.1) is 0 Å². The van der Waals surface area contributed by atoms with Crippen molar-refractivity contribution in [2.45, 2.75) is 11.7 Å². The van der Waals surface area contributed by atoms with Crippen molar-refractivity contribution in [1.82, 2.24) is 0 Å². The molecular weight excluding hydrogens is 243 g/mol. The second-order valence-corrected chi connectivity index (χ2v) is 4.75. The van der Waals surface area contributed by atoms with E-state index in [2.05, 4.69) is 0 Å². The fourth-order valence-electron chi connectivity index (χ4n) is 1.52. The van der Waals surface area contributed by atoms with E-state index < -0.39 is 27.8 Å². The Morgan fingerprint density at radius 2 is 1.94 bits per heavy atom. The van der Waals surface area contributed by atoms with Crippen molar-refractivity contribution in [2.75, 3.05) is 0 Å². The SMILES string of the molecule is O=C1CC(S(=O)(=O)[O-])c2ccccc2O1.[Na+]. The summed E-state index contributed by atoms with van der Waals surface area (Å²) in [5, 5.41) is -1.32. The van der Waals surface area contributed by atoms with E-state index in [0.717, 1.165) is 0 Å². The van der Waals surface area contributed by atoms with Crippen LogP contribution >= 0.6 is 0 Å². The summed E-state index contributed by atoms with van der Waals surface area (Å²) < 4.78 is 37.6. The molecular formula is C9H7NaO5S. The maximum absolute atomic E-state index is 11.1. The van der Waals surface area contributed by atoms with Gasteiger partial charge in [0.1, 0.15) is 15.9 Å². The Morgan fingerprint density at radius 3 is 2.56 bits per heavy atom. The molecule has 0 amide bonds. The smallest absolute Gasteiger partial charge is 0.747 e. The quantitative estimate of drug-likeness (QED) is 0.240. The predicted molar refractivity (Wildman–Crippen MR) is 49.1 cm³/mol. The molecule has 0 aromatic heterocycles. The third-order valence-electron chi connectivity index (χ3n) is 2.19. The van der Waals surface area contributed by atoms with E-state index in [4.69, 9.17) is 4.74 Å². The number of para-hydroxylation sites is 1. The molecule has 0 N–H and O–H groups in total. The second-order valence-electron chi connectivity index (χ2n) is 3.20. The first-order chi connectivity index (χ1) is 6.98. The van der Waals surface area contributed by atoms with E-state index in [1.165, 1.54) is 12.1 Å². The Balaban J connectivity index is 0.00000128. The molecule has 1 unspecified atom stereocenters. The normalized spacial score (nSPS) is 19.3. The number of hydrogen-bond acceptors (Lipinski definition) is 5. The largest absolute Gasteiger partial charge is 1.00 e. The van der Waals surface area contributed by atoms with Crippen LogP contribution in [0.2, 0.25) is 0 Å². The molecule has 0 saturated carbocycles. The van der Waals surface area contributed by atoms with Crippen LogP contribution in [0, 0.1) is 0 Å². The topological polar surface area (TPSA) is 83.5 Å². The fraction of sp³-hybridized carbons (Fsp3) is 0.222. The number of rotatable bonds is 1. The van der Waals surface area contributed by atoms with Crippen molar-refractivity contribution >= 4 is 16.1 Å². The minimum Gasteiger partial charge on any atom is -0.747 e. The molecule has 1 aliphatic heterocycles. The van der Waals surface area contributed by atoms with Crippen LogP contribution in [0.25, 0.3) is 0 Å². The van der Waals surface area contributed by atoms with Gasteiger partial charge >= 0.3 is 35.5 Å².